The molecule has 0 spiro atoms. The highest BCUT2D eigenvalue weighted by Crippen LogP contribution is 2.30. The third kappa shape index (κ3) is 3.41. The number of aryl methyl sites for hydroxylation is 1. The Bertz CT molecular complexity index is 552. The van der Waals surface area contributed by atoms with Gasteiger partial charge in [-0.3, -0.25) is 0 Å². The van der Waals surface area contributed by atoms with E-state index >= 15 is 0 Å². The summed E-state index contributed by atoms with van der Waals surface area (Å²) in [5, 5.41) is 3.38. The molecule has 102 valence electrons. The zero-order valence-corrected chi connectivity index (χ0v) is 13.0. The van der Waals surface area contributed by atoms with Gasteiger partial charge in [-0.05, 0) is 54.8 Å². The van der Waals surface area contributed by atoms with E-state index in [1.807, 2.05) is 19.1 Å². The number of hydrogen-bond donors (Lipinski definition) is 0. The van der Waals surface area contributed by atoms with Crippen LogP contribution < -0.4 is 9.47 Å². The zero-order chi connectivity index (χ0) is 13.7. The molecule has 0 unspecified atom stereocenters. The summed E-state index contributed by atoms with van der Waals surface area (Å²) in [5.41, 5.74) is 1.19. The lowest BCUT2D eigenvalue weighted by molar-refractivity contribution is 0.317. The summed E-state index contributed by atoms with van der Waals surface area (Å²) in [6.07, 6.45) is 1.01. The Kier molecular flexibility index (Phi) is 5.08. The number of rotatable bonds is 6. The van der Waals surface area contributed by atoms with E-state index in [1.54, 1.807) is 0 Å². The van der Waals surface area contributed by atoms with Crippen molar-refractivity contribution in [2.45, 2.75) is 20.3 Å². The molecule has 2 rings (SSSR count). The zero-order valence-electron chi connectivity index (χ0n) is 11.4. The first-order valence-corrected chi connectivity index (χ1v) is 7.73. The van der Waals surface area contributed by atoms with Gasteiger partial charge in [0.1, 0.15) is 11.5 Å². The van der Waals surface area contributed by atoms with Crippen molar-refractivity contribution in [1.29, 1.82) is 0 Å². The average molecular weight is 323 g/mol. The first kappa shape index (κ1) is 14.2. The summed E-state index contributed by atoms with van der Waals surface area (Å²) in [6.45, 7) is 5.54. The van der Waals surface area contributed by atoms with Gasteiger partial charge in [0, 0.05) is 5.33 Å². The Morgan fingerprint density at radius 3 is 2.68 bits per heavy atom. The highest BCUT2D eigenvalue weighted by atomic mass is 79.9. The molecule has 0 aliphatic carbocycles. The molecule has 0 atom stereocenters. The molecule has 2 aromatic rings. The van der Waals surface area contributed by atoms with Crippen LogP contribution in [0.3, 0.4) is 0 Å². The molecule has 0 aromatic heterocycles. The van der Waals surface area contributed by atoms with Crippen LogP contribution in [-0.4, -0.2) is 18.5 Å². The summed E-state index contributed by atoms with van der Waals surface area (Å²) < 4.78 is 11.3. The molecule has 0 aliphatic heterocycles. The summed E-state index contributed by atoms with van der Waals surface area (Å²) in [5.74, 6) is 1.89. The van der Waals surface area contributed by atoms with Gasteiger partial charge in [0.15, 0.2) is 0 Å². The highest BCUT2D eigenvalue weighted by molar-refractivity contribution is 9.09. The fourth-order valence-electron chi connectivity index (χ4n) is 2.09. The summed E-state index contributed by atoms with van der Waals surface area (Å²) in [7, 11) is 0. The fourth-order valence-corrected chi connectivity index (χ4v) is 2.32. The van der Waals surface area contributed by atoms with Crippen LogP contribution in [0.15, 0.2) is 30.3 Å². The summed E-state index contributed by atoms with van der Waals surface area (Å²) in [6, 6.07) is 10.3. The first-order valence-electron chi connectivity index (χ1n) is 6.61. The minimum atomic E-state index is 0.693. The Balaban J connectivity index is 2.28. The Labute approximate surface area is 122 Å². The molecule has 0 aliphatic rings. The van der Waals surface area contributed by atoms with Crippen LogP contribution >= 0.6 is 15.9 Å². The quantitative estimate of drug-likeness (QED) is 0.566. The SMILES string of the molecule is CCOc1ccc2c(C)c(OCCCBr)ccc2c1. The van der Waals surface area contributed by atoms with E-state index in [-0.39, 0.29) is 0 Å². The van der Waals surface area contributed by atoms with E-state index in [0.29, 0.717) is 6.61 Å². The number of ether oxygens (including phenoxy) is 2. The number of halogens is 1. The van der Waals surface area contributed by atoms with Crippen LogP contribution in [0.25, 0.3) is 10.8 Å². The molecule has 2 aromatic carbocycles. The van der Waals surface area contributed by atoms with Gasteiger partial charge in [-0.15, -0.1) is 0 Å². The van der Waals surface area contributed by atoms with E-state index in [1.165, 1.54) is 16.3 Å². The number of benzene rings is 2. The largest absolute Gasteiger partial charge is 0.494 e. The predicted molar refractivity (Wildman–Crippen MR) is 83.8 cm³/mol. The van der Waals surface area contributed by atoms with Gasteiger partial charge in [0.2, 0.25) is 0 Å². The molecule has 19 heavy (non-hydrogen) atoms. The number of hydrogen-bond acceptors (Lipinski definition) is 2. The molecule has 0 heterocycles. The number of alkyl halides is 1. The van der Waals surface area contributed by atoms with Crippen LogP contribution in [0.1, 0.15) is 18.9 Å². The maximum Gasteiger partial charge on any atom is 0.122 e. The normalized spacial score (nSPS) is 10.7. The lowest BCUT2D eigenvalue weighted by Gasteiger charge is -2.12. The lowest BCUT2D eigenvalue weighted by Crippen LogP contribution is -1.99. The van der Waals surface area contributed by atoms with Crippen molar-refractivity contribution in [3.05, 3.63) is 35.9 Å². The molecule has 3 heteroatoms. The molecule has 0 fully saturated rings. The van der Waals surface area contributed by atoms with Crippen molar-refractivity contribution < 1.29 is 9.47 Å². The van der Waals surface area contributed by atoms with Crippen molar-refractivity contribution in [3.63, 3.8) is 0 Å². The predicted octanol–water partition coefficient (Wildman–Crippen LogP) is 4.71. The minimum Gasteiger partial charge on any atom is -0.494 e. The molecule has 0 amide bonds. The second kappa shape index (κ2) is 6.80. The van der Waals surface area contributed by atoms with Gasteiger partial charge < -0.3 is 9.47 Å². The molecule has 0 saturated heterocycles. The molecule has 0 N–H and O–H groups in total. The smallest absolute Gasteiger partial charge is 0.122 e. The van der Waals surface area contributed by atoms with Gasteiger partial charge in [-0.25, -0.2) is 0 Å². The van der Waals surface area contributed by atoms with Crippen molar-refractivity contribution in [2.24, 2.45) is 0 Å². The highest BCUT2D eigenvalue weighted by Gasteiger charge is 2.05. The van der Waals surface area contributed by atoms with Crippen molar-refractivity contribution in [3.8, 4) is 11.5 Å². The van der Waals surface area contributed by atoms with Crippen molar-refractivity contribution in [2.75, 3.05) is 18.5 Å². The van der Waals surface area contributed by atoms with Gasteiger partial charge in [-0.2, -0.15) is 0 Å². The van der Waals surface area contributed by atoms with E-state index < -0.39 is 0 Å². The van der Waals surface area contributed by atoms with E-state index in [4.69, 9.17) is 9.47 Å². The summed E-state index contributed by atoms with van der Waals surface area (Å²) >= 11 is 3.41. The van der Waals surface area contributed by atoms with Gasteiger partial charge in [0.05, 0.1) is 13.2 Å². The summed E-state index contributed by atoms with van der Waals surface area (Å²) in [4.78, 5) is 0. The molecule has 0 bridgehead atoms. The van der Waals surface area contributed by atoms with E-state index in [9.17, 15) is 0 Å². The fraction of sp³-hybridized carbons (Fsp3) is 0.375. The van der Waals surface area contributed by atoms with Gasteiger partial charge in [-0.1, -0.05) is 28.1 Å². The molecule has 2 nitrogen and oxygen atoms in total. The Morgan fingerprint density at radius 1 is 1.11 bits per heavy atom. The standard InChI is InChI=1S/C16H19BrO2/c1-3-18-14-6-7-15-12(2)16(19-10-4-9-17)8-5-13(15)11-14/h5-8,11H,3-4,9-10H2,1-2H3. The third-order valence-electron chi connectivity index (χ3n) is 3.06. The molecular weight excluding hydrogens is 304 g/mol. The third-order valence-corrected chi connectivity index (χ3v) is 3.62. The number of fused-ring (bicyclic) bond motifs is 1. The van der Waals surface area contributed by atoms with Crippen LogP contribution in [0.5, 0.6) is 11.5 Å². The van der Waals surface area contributed by atoms with Gasteiger partial charge >= 0.3 is 0 Å². The lowest BCUT2D eigenvalue weighted by atomic mass is 10.0. The minimum absolute atomic E-state index is 0.693. The maximum atomic E-state index is 5.80. The van der Waals surface area contributed by atoms with E-state index in [0.717, 1.165) is 29.9 Å². The van der Waals surface area contributed by atoms with Crippen LogP contribution in [0, 0.1) is 6.92 Å². The average Bonchev–Trinajstić information content (AvgIpc) is 2.42. The van der Waals surface area contributed by atoms with Crippen LogP contribution in [0.4, 0.5) is 0 Å². The van der Waals surface area contributed by atoms with Crippen LogP contribution in [-0.2, 0) is 0 Å². The molecule has 0 radical (unpaired) electrons. The second-order valence-electron chi connectivity index (χ2n) is 4.40. The molecule has 0 saturated carbocycles. The topological polar surface area (TPSA) is 18.5 Å². The van der Waals surface area contributed by atoms with Crippen LogP contribution in [0.2, 0.25) is 0 Å². The Morgan fingerprint density at radius 2 is 1.95 bits per heavy atom. The first-order chi connectivity index (χ1) is 9.26. The van der Waals surface area contributed by atoms with E-state index in [2.05, 4.69) is 41.1 Å². The molecular formula is C16H19BrO2. The Hall–Kier alpha value is -1.22. The second-order valence-corrected chi connectivity index (χ2v) is 5.19. The van der Waals surface area contributed by atoms with Crippen molar-refractivity contribution in [1.82, 2.24) is 0 Å². The monoisotopic (exact) mass is 322 g/mol. The maximum absolute atomic E-state index is 5.80. The van der Waals surface area contributed by atoms with Gasteiger partial charge in [0.25, 0.3) is 0 Å². The van der Waals surface area contributed by atoms with Crippen molar-refractivity contribution >= 4 is 26.7 Å².